The van der Waals surface area contributed by atoms with Crippen LogP contribution in [0.1, 0.15) is 51.0 Å². The Morgan fingerprint density at radius 3 is 2.10 bits per heavy atom. The van der Waals surface area contributed by atoms with Gasteiger partial charge in [0.15, 0.2) is 11.5 Å². The van der Waals surface area contributed by atoms with Crippen molar-refractivity contribution in [3.05, 3.63) is 75.2 Å². The highest BCUT2D eigenvalue weighted by atomic mass is 35.5. The van der Waals surface area contributed by atoms with E-state index in [2.05, 4.69) is 5.32 Å². The molecule has 3 aromatic rings. The Morgan fingerprint density at radius 2 is 1.50 bits per heavy atom. The molecule has 14 heteroatoms. The van der Waals surface area contributed by atoms with Gasteiger partial charge in [-0.25, -0.2) is 8.42 Å². The molecule has 10 nitrogen and oxygen atoms in total. The topological polar surface area (TPSA) is 114 Å². The number of carbonyl (C=O) groups excluding carboxylic acids is 2. The number of sulfonamides is 1. The van der Waals surface area contributed by atoms with Gasteiger partial charge >= 0.3 is 0 Å². The van der Waals surface area contributed by atoms with Crippen molar-refractivity contribution in [2.45, 2.75) is 69.0 Å². The SMILES string of the molecule is CC[C@@H](C(=O)NC1CCCCC1)N(Cc1c(Cl)cccc1Cl)C(=O)CN(c1cc(Cl)ccc1OC)S(=O)(=O)c1ccc(OC)c(OC)c1. The molecule has 0 bridgehead atoms. The van der Waals surface area contributed by atoms with Crippen LogP contribution in [0.5, 0.6) is 17.2 Å². The molecule has 1 aliphatic carbocycles. The fraction of sp³-hybridized carbons (Fsp3) is 0.412. The first-order chi connectivity index (χ1) is 22.9. The number of halogens is 3. The molecule has 1 aliphatic rings. The molecule has 48 heavy (non-hydrogen) atoms. The zero-order chi connectivity index (χ0) is 35.0. The Hall–Kier alpha value is -3.38. The molecule has 1 N–H and O–H groups in total. The highest BCUT2D eigenvalue weighted by Gasteiger charge is 2.36. The summed E-state index contributed by atoms with van der Waals surface area (Å²) >= 11 is 19.4. The Labute approximate surface area is 297 Å². The summed E-state index contributed by atoms with van der Waals surface area (Å²) in [7, 11) is -0.298. The molecule has 260 valence electrons. The van der Waals surface area contributed by atoms with Gasteiger partial charge in [0.2, 0.25) is 11.8 Å². The Kier molecular flexibility index (Phi) is 13.1. The molecular weight excluding hydrogens is 701 g/mol. The van der Waals surface area contributed by atoms with Crippen molar-refractivity contribution >= 4 is 62.3 Å². The second-order valence-electron chi connectivity index (χ2n) is 11.3. The lowest BCUT2D eigenvalue weighted by atomic mass is 9.95. The Morgan fingerprint density at radius 1 is 0.875 bits per heavy atom. The first-order valence-corrected chi connectivity index (χ1v) is 18.1. The first-order valence-electron chi connectivity index (χ1n) is 15.6. The second kappa shape index (κ2) is 16.8. The minimum absolute atomic E-state index is 0.0150. The summed E-state index contributed by atoms with van der Waals surface area (Å²) in [6.07, 6.45) is 5.05. The Bertz CT molecular complexity index is 1700. The maximum atomic E-state index is 14.6. The van der Waals surface area contributed by atoms with Gasteiger partial charge in [-0.15, -0.1) is 0 Å². The van der Waals surface area contributed by atoms with Crippen LogP contribution in [-0.4, -0.2) is 65.1 Å². The third-order valence-electron chi connectivity index (χ3n) is 8.36. The minimum atomic E-state index is -4.50. The normalized spacial score (nSPS) is 14.1. The van der Waals surface area contributed by atoms with E-state index in [0.717, 1.165) is 36.4 Å². The third-order valence-corrected chi connectivity index (χ3v) is 11.1. The van der Waals surface area contributed by atoms with Gasteiger partial charge in [0, 0.05) is 39.3 Å². The largest absolute Gasteiger partial charge is 0.495 e. The van der Waals surface area contributed by atoms with Crippen LogP contribution in [0.2, 0.25) is 15.1 Å². The van der Waals surface area contributed by atoms with Crippen molar-refractivity contribution in [2.24, 2.45) is 0 Å². The maximum absolute atomic E-state index is 14.6. The van der Waals surface area contributed by atoms with E-state index in [1.165, 1.54) is 56.6 Å². The number of ether oxygens (including phenoxy) is 3. The van der Waals surface area contributed by atoms with Gasteiger partial charge in [-0.1, -0.05) is 67.1 Å². The van der Waals surface area contributed by atoms with Crippen LogP contribution in [0.3, 0.4) is 0 Å². The average Bonchev–Trinajstić information content (AvgIpc) is 3.08. The lowest BCUT2D eigenvalue weighted by Crippen LogP contribution is -2.54. The quantitative estimate of drug-likeness (QED) is 0.187. The Balaban J connectivity index is 1.82. The average molecular weight is 741 g/mol. The molecular formula is C34H40Cl3N3O7S. The van der Waals surface area contributed by atoms with Gasteiger partial charge < -0.3 is 24.4 Å². The van der Waals surface area contributed by atoms with Gasteiger partial charge in [0.1, 0.15) is 18.3 Å². The van der Waals surface area contributed by atoms with Crippen LogP contribution in [-0.2, 0) is 26.2 Å². The van der Waals surface area contributed by atoms with E-state index in [1.54, 1.807) is 31.2 Å². The van der Waals surface area contributed by atoms with Crippen molar-refractivity contribution in [2.75, 3.05) is 32.2 Å². The van der Waals surface area contributed by atoms with Crippen molar-refractivity contribution < 1.29 is 32.2 Å². The third kappa shape index (κ3) is 8.61. The summed E-state index contributed by atoms with van der Waals surface area (Å²) < 4.78 is 46.1. The summed E-state index contributed by atoms with van der Waals surface area (Å²) in [6.45, 7) is 0.922. The molecule has 0 spiro atoms. The van der Waals surface area contributed by atoms with E-state index in [1.807, 2.05) is 0 Å². The molecule has 0 radical (unpaired) electrons. The number of nitrogens with zero attached hydrogens (tertiary/aromatic N) is 2. The number of benzene rings is 3. The van der Waals surface area contributed by atoms with Crippen LogP contribution in [0.25, 0.3) is 0 Å². The summed E-state index contributed by atoms with van der Waals surface area (Å²) in [4.78, 5) is 29.6. The van der Waals surface area contributed by atoms with Gasteiger partial charge in [0.05, 0.1) is 31.9 Å². The fourth-order valence-corrected chi connectivity index (χ4v) is 7.91. The predicted molar refractivity (Wildman–Crippen MR) is 188 cm³/mol. The predicted octanol–water partition coefficient (Wildman–Crippen LogP) is 7.12. The molecule has 1 saturated carbocycles. The van der Waals surface area contributed by atoms with Gasteiger partial charge in [-0.2, -0.15) is 0 Å². The van der Waals surface area contributed by atoms with Gasteiger partial charge in [-0.3, -0.25) is 13.9 Å². The number of hydrogen-bond acceptors (Lipinski definition) is 7. The number of methoxy groups -OCH3 is 3. The van der Waals surface area contributed by atoms with Crippen molar-refractivity contribution in [1.82, 2.24) is 10.2 Å². The van der Waals surface area contributed by atoms with Gasteiger partial charge in [-0.05, 0) is 61.7 Å². The molecule has 1 atom stereocenters. The van der Waals surface area contributed by atoms with Crippen molar-refractivity contribution in [3.63, 3.8) is 0 Å². The molecule has 0 unspecified atom stereocenters. The van der Waals surface area contributed by atoms with E-state index in [0.29, 0.717) is 21.4 Å². The zero-order valence-corrected chi connectivity index (χ0v) is 30.4. The number of carbonyl (C=O) groups is 2. The maximum Gasteiger partial charge on any atom is 0.265 e. The van der Waals surface area contributed by atoms with E-state index < -0.39 is 28.5 Å². The molecule has 4 rings (SSSR count). The molecule has 0 saturated heterocycles. The number of rotatable bonds is 14. The monoisotopic (exact) mass is 739 g/mol. The summed E-state index contributed by atoms with van der Waals surface area (Å²) in [5, 5.41) is 3.93. The first kappa shape index (κ1) is 37.4. The van der Waals surface area contributed by atoms with E-state index in [4.69, 9.17) is 49.0 Å². The highest BCUT2D eigenvalue weighted by Crippen LogP contribution is 2.37. The molecule has 1 fully saturated rings. The zero-order valence-electron chi connectivity index (χ0n) is 27.3. The second-order valence-corrected chi connectivity index (χ2v) is 14.4. The van der Waals surface area contributed by atoms with Crippen LogP contribution in [0, 0.1) is 0 Å². The smallest absolute Gasteiger partial charge is 0.265 e. The van der Waals surface area contributed by atoms with E-state index >= 15 is 0 Å². The van der Waals surface area contributed by atoms with E-state index in [-0.39, 0.29) is 52.0 Å². The standard InChI is InChI=1S/C34H40Cl3N3O7S/c1-5-28(34(42)38-23-10-7-6-8-11-23)39(20-25-26(36)12-9-13-27(25)37)33(41)21-40(29-18-22(35)14-16-30(29)45-2)48(43,44)24-15-17-31(46-3)32(19-24)47-4/h9,12-19,23,28H,5-8,10-11,20-21H2,1-4H3,(H,38,42)/t28-/m0/s1. The molecule has 0 aliphatic heterocycles. The molecule has 0 heterocycles. The van der Waals surface area contributed by atoms with Crippen LogP contribution in [0.15, 0.2) is 59.5 Å². The van der Waals surface area contributed by atoms with Crippen LogP contribution >= 0.6 is 34.8 Å². The summed E-state index contributed by atoms with van der Waals surface area (Å²) in [6, 6.07) is 12.5. The summed E-state index contributed by atoms with van der Waals surface area (Å²) in [5.41, 5.74) is 0.441. The molecule has 3 aromatic carbocycles. The number of anilines is 1. The van der Waals surface area contributed by atoms with E-state index in [9.17, 15) is 18.0 Å². The number of nitrogens with one attached hydrogen (secondary N) is 1. The minimum Gasteiger partial charge on any atom is -0.495 e. The summed E-state index contributed by atoms with van der Waals surface area (Å²) in [5.74, 6) is -0.377. The highest BCUT2D eigenvalue weighted by molar-refractivity contribution is 7.92. The van der Waals surface area contributed by atoms with Crippen LogP contribution < -0.4 is 23.8 Å². The lowest BCUT2D eigenvalue weighted by molar-refractivity contribution is -0.140. The molecule has 0 aromatic heterocycles. The lowest BCUT2D eigenvalue weighted by Gasteiger charge is -2.35. The van der Waals surface area contributed by atoms with Crippen molar-refractivity contribution in [3.8, 4) is 17.2 Å². The number of amides is 2. The fourth-order valence-electron chi connectivity index (χ4n) is 5.79. The van der Waals surface area contributed by atoms with Crippen molar-refractivity contribution in [1.29, 1.82) is 0 Å². The number of hydrogen-bond donors (Lipinski definition) is 1. The van der Waals surface area contributed by atoms with Crippen LogP contribution in [0.4, 0.5) is 5.69 Å². The van der Waals surface area contributed by atoms with Gasteiger partial charge in [0.25, 0.3) is 10.0 Å². The molecule has 2 amide bonds.